The summed E-state index contributed by atoms with van der Waals surface area (Å²) in [4.78, 5) is 8.32. The number of aromatic nitrogens is 2. The van der Waals surface area contributed by atoms with E-state index in [1.807, 2.05) is 0 Å². The fourth-order valence-corrected chi connectivity index (χ4v) is 4.54. The number of rotatable bonds is 4. The Bertz CT molecular complexity index is 842. The van der Waals surface area contributed by atoms with Gasteiger partial charge in [0.25, 0.3) is 0 Å². The molecular weight excluding hydrogens is 330 g/mol. The SMILES string of the molecule is O=S(=O)(c1ccc2c(c1)CCO2)N1CCC(Oc2cnccn2)C1. The van der Waals surface area contributed by atoms with E-state index in [1.165, 1.54) is 10.5 Å². The van der Waals surface area contributed by atoms with Crippen LogP contribution in [0.15, 0.2) is 41.7 Å². The van der Waals surface area contributed by atoms with Crippen molar-refractivity contribution in [3.63, 3.8) is 0 Å². The van der Waals surface area contributed by atoms with E-state index in [1.54, 1.807) is 30.6 Å². The van der Waals surface area contributed by atoms with Crippen LogP contribution in [0.4, 0.5) is 0 Å². The lowest BCUT2D eigenvalue weighted by molar-refractivity contribution is 0.206. The Morgan fingerprint density at radius 2 is 2.21 bits per heavy atom. The first-order valence-corrected chi connectivity index (χ1v) is 9.25. The summed E-state index contributed by atoms with van der Waals surface area (Å²) in [7, 11) is -3.52. The zero-order valence-electron chi connectivity index (χ0n) is 13.0. The molecule has 126 valence electrons. The van der Waals surface area contributed by atoms with Crippen molar-refractivity contribution in [3.05, 3.63) is 42.4 Å². The Balaban J connectivity index is 1.49. The smallest absolute Gasteiger partial charge is 0.243 e. The van der Waals surface area contributed by atoms with Gasteiger partial charge in [-0.25, -0.2) is 13.4 Å². The van der Waals surface area contributed by atoms with E-state index in [2.05, 4.69) is 9.97 Å². The summed E-state index contributed by atoms with van der Waals surface area (Å²) >= 11 is 0. The first-order chi connectivity index (χ1) is 11.6. The summed E-state index contributed by atoms with van der Waals surface area (Å²) in [5.41, 5.74) is 0.947. The van der Waals surface area contributed by atoms with Gasteiger partial charge in [-0.15, -0.1) is 0 Å². The molecule has 1 unspecified atom stereocenters. The maximum atomic E-state index is 12.8. The average molecular weight is 347 g/mol. The zero-order valence-corrected chi connectivity index (χ0v) is 13.8. The van der Waals surface area contributed by atoms with E-state index in [9.17, 15) is 8.42 Å². The largest absolute Gasteiger partial charge is 0.493 e. The van der Waals surface area contributed by atoms with Crippen molar-refractivity contribution in [2.24, 2.45) is 0 Å². The van der Waals surface area contributed by atoms with Crippen molar-refractivity contribution in [1.82, 2.24) is 14.3 Å². The van der Waals surface area contributed by atoms with Gasteiger partial charge >= 0.3 is 0 Å². The Hall–Kier alpha value is -2.19. The minimum atomic E-state index is -3.52. The summed E-state index contributed by atoms with van der Waals surface area (Å²) in [6.07, 6.45) is 5.80. The average Bonchev–Trinajstić information content (AvgIpc) is 3.24. The molecule has 2 aromatic rings. The highest BCUT2D eigenvalue weighted by Gasteiger charge is 2.34. The summed E-state index contributed by atoms with van der Waals surface area (Å²) < 4.78 is 38.3. The van der Waals surface area contributed by atoms with Crippen molar-refractivity contribution in [3.8, 4) is 11.6 Å². The summed E-state index contributed by atoms with van der Waals surface area (Å²) in [5.74, 6) is 1.19. The van der Waals surface area contributed by atoms with Crippen molar-refractivity contribution in [1.29, 1.82) is 0 Å². The monoisotopic (exact) mass is 347 g/mol. The Morgan fingerprint density at radius 3 is 3.04 bits per heavy atom. The maximum Gasteiger partial charge on any atom is 0.243 e. The molecule has 1 fully saturated rings. The topological polar surface area (TPSA) is 81.6 Å². The van der Waals surface area contributed by atoms with E-state index in [4.69, 9.17) is 9.47 Å². The third-order valence-electron chi connectivity index (χ3n) is 4.23. The van der Waals surface area contributed by atoms with Gasteiger partial charge in [0.15, 0.2) is 0 Å². The molecule has 4 rings (SSSR count). The lowest BCUT2D eigenvalue weighted by Crippen LogP contribution is -2.31. The van der Waals surface area contributed by atoms with Crippen LogP contribution in [-0.2, 0) is 16.4 Å². The highest BCUT2D eigenvalue weighted by Crippen LogP contribution is 2.30. The molecule has 1 saturated heterocycles. The third kappa shape index (κ3) is 2.83. The van der Waals surface area contributed by atoms with Gasteiger partial charge < -0.3 is 9.47 Å². The molecule has 1 aromatic carbocycles. The molecule has 0 aliphatic carbocycles. The highest BCUT2D eigenvalue weighted by molar-refractivity contribution is 7.89. The van der Waals surface area contributed by atoms with Crippen LogP contribution in [-0.4, -0.2) is 48.5 Å². The summed E-state index contributed by atoms with van der Waals surface area (Å²) in [5, 5.41) is 0. The van der Waals surface area contributed by atoms with E-state index in [0.717, 1.165) is 17.7 Å². The number of hydrogen-bond donors (Lipinski definition) is 0. The second-order valence-corrected chi connectivity index (χ2v) is 7.74. The van der Waals surface area contributed by atoms with Crippen LogP contribution in [0.2, 0.25) is 0 Å². The van der Waals surface area contributed by atoms with Crippen LogP contribution in [0.5, 0.6) is 11.6 Å². The van der Waals surface area contributed by atoms with Crippen LogP contribution in [0.3, 0.4) is 0 Å². The van der Waals surface area contributed by atoms with E-state index >= 15 is 0 Å². The van der Waals surface area contributed by atoms with Crippen LogP contribution in [0.25, 0.3) is 0 Å². The van der Waals surface area contributed by atoms with Crippen molar-refractivity contribution in [2.75, 3.05) is 19.7 Å². The van der Waals surface area contributed by atoms with Crippen LogP contribution in [0, 0.1) is 0 Å². The van der Waals surface area contributed by atoms with Gasteiger partial charge in [-0.1, -0.05) is 0 Å². The predicted molar refractivity (Wildman–Crippen MR) is 85.5 cm³/mol. The molecular formula is C16H17N3O4S. The number of benzene rings is 1. The standard InChI is InChI=1S/C16H17N3O4S/c20-24(21,14-1-2-15-12(9-14)4-8-22-15)19-7-3-13(11-19)23-16-10-17-5-6-18-16/h1-2,5-6,9-10,13H,3-4,7-8,11H2. The van der Waals surface area contributed by atoms with Gasteiger partial charge in [0, 0.05) is 25.4 Å². The van der Waals surface area contributed by atoms with Gasteiger partial charge in [-0.2, -0.15) is 4.31 Å². The number of hydrogen-bond acceptors (Lipinski definition) is 6. The molecule has 1 aromatic heterocycles. The Labute approximate surface area is 140 Å². The second-order valence-electron chi connectivity index (χ2n) is 5.80. The second kappa shape index (κ2) is 6.03. The molecule has 7 nitrogen and oxygen atoms in total. The molecule has 0 spiro atoms. The first kappa shape index (κ1) is 15.3. The minimum Gasteiger partial charge on any atom is -0.493 e. The lowest BCUT2D eigenvalue weighted by Gasteiger charge is -2.17. The minimum absolute atomic E-state index is 0.214. The molecule has 3 heterocycles. The number of nitrogens with zero attached hydrogens (tertiary/aromatic N) is 3. The van der Waals surface area contributed by atoms with Gasteiger partial charge in [0.2, 0.25) is 15.9 Å². The van der Waals surface area contributed by atoms with E-state index < -0.39 is 10.0 Å². The van der Waals surface area contributed by atoms with Crippen LogP contribution >= 0.6 is 0 Å². The molecule has 2 aliphatic heterocycles. The van der Waals surface area contributed by atoms with Crippen molar-refractivity contribution < 1.29 is 17.9 Å². The quantitative estimate of drug-likeness (QED) is 0.828. The lowest BCUT2D eigenvalue weighted by atomic mass is 10.2. The highest BCUT2D eigenvalue weighted by atomic mass is 32.2. The van der Waals surface area contributed by atoms with Crippen LogP contribution in [0.1, 0.15) is 12.0 Å². The number of fused-ring (bicyclic) bond motifs is 1. The predicted octanol–water partition coefficient (Wildman–Crippen LogP) is 1.25. The van der Waals surface area contributed by atoms with Gasteiger partial charge in [-0.05, 0) is 30.2 Å². The van der Waals surface area contributed by atoms with Gasteiger partial charge in [0.05, 0.1) is 24.2 Å². The molecule has 8 heteroatoms. The maximum absolute atomic E-state index is 12.8. The van der Waals surface area contributed by atoms with Crippen LogP contribution < -0.4 is 9.47 Å². The van der Waals surface area contributed by atoms with Crippen molar-refractivity contribution >= 4 is 10.0 Å². The van der Waals surface area contributed by atoms with Gasteiger partial charge in [0.1, 0.15) is 11.9 Å². The van der Waals surface area contributed by atoms with E-state index in [0.29, 0.717) is 36.9 Å². The summed E-state index contributed by atoms with van der Waals surface area (Å²) in [6.45, 7) is 1.35. The number of sulfonamides is 1. The zero-order chi connectivity index (χ0) is 16.6. The molecule has 0 N–H and O–H groups in total. The Morgan fingerprint density at radius 1 is 1.29 bits per heavy atom. The van der Waals surface area contributed by atoms with Gasteiger partial charge in [-0.3, -0.25) is 4.98 Å². The third-order valence-corrected chi connectivity index (χ3v) is 6.09. The molecule has 24 heavy (non-hydrogen) atoms. The fraction of sp³-hybridized carbons (Fsp3) is 0.375. The fourth-order valence-electron chi connectivity index (χ4n) is 3.00. The van der Waals surface area contributed by atoms with Crippen molar-refractivity contribution in [2.45, 2.75) is 23.8 Å². The molecule has 0 saturated carbocycles. The summed E-state index contributed by atoms with van der Waals surface area (Å²) in [6, 6.07) is 5.06. The molecule has 2 aliphatic rings. The molecule has 1 atom stereocenters. The first-order valence-electron chi connectivity index (χ1n) is 7.81. The van der Waals surface area contributed by atoms with E-state index in [-0.39, 0.29) is 6.10 Å². The molecule has 0 radical (unpaired) electrons. The number of ether oxygens (including phenoxy) is 2. The normalized spacial score (nSPS) is 20.6. The molecule has 0 bridgehead atoms. The molecule has 0 amide bonds. The Kier molecular flexibility index (Phi) is 3.85.